The molecule has 1 fully saturated rings. The minimum absolute atomic E-state index is 0.122. The standard InChI is InChI=1S/C12H24N2S/c1-4-9-12(2,3)14-11(15)13-10-7-5-6-8-10/h10H,4-9H2,1-3H3,(H2,13,14,15). The third-order valence-electron chi connectivity index (χ3n) is 3.02. The van der Waals surface area contributed by atoms with E-state index in [0.717, 1.165) is 11.5 Å². The van der Waals surface area contributed by atoms with E-state index in [1.165, 1.54) is 32.1 Å². The summed E-state index contributed by atoms with van der Waals surface area (Å²) in [6.45, 7) is 6.62. The van der Waals surface area contributed by atoms with E-state index in [-0.39, 0.29) is 5.54 Å². The van der Waals surface area contributed by atoms with Gasteiger partial charge in [-0.1, -0.05) is 26.2 Å². The minimum Gasteiger partial charge on any atom is -0.360 e. The van der Waals surface area contributed by atoms with E-state index in [1.807, 2.05) is 0 Å². The van der Waals surface area contributed by atoms with Gasteiger partial charge in [-0.05, 0) is 45.3 Å². The second kappa shape index (κ2) is 5.69. The highest BCUT2D eigenvalue weighted by atomic mass is 32.1. The molecule has 0 radical (unpaired) electrons. The van der Waals surface area contributed by atoms with Gasteiger partial charge in [0.2, 0.25) is 0 Å². The number of hydrogen-bond donors (Lipinski definition) is 2. The maximum absolute atomic E-state index is 5.33. The van der Waals surface area contributed by atoms with Gasteiger partial charge in [0.1, 0.15) is 0 Å². The molecule has 0 aromatic carbocycles. The Bertz CT molecular complexity index is 208. The van der Waals surface area contributed by atoms with Crippen LogP contribution in [0, 0.1) is 0 Å². The zero-order chi connectivity index (χ0) is 11.3. The molecule has 0 saturated heterocycles. The van der Waals surface area contributed by atoms with Crippen LogP contribution in [0.25, 0.3) is 0 Å². The molecule has 1 aliphatic carbocycles. The van der Waals surface area contributed by atoms with E-state index in [1.54, 1.807) is 0 Å². The molecule has 0 aromatic rings. The minimum atomic E-state index is 0.122. The summed E-state index contributed by atoms with van der Waals surface area (Å²) in [6.07, 6.45) is 7.58. The summed E-state index contributed by atoms with van der Waals surface area (Å²) in [4.78, 5) is 0. The first-order chi connectivity index (χ1) is 7.03. The van der Waals surface area contributed by atoms with Crippen molar-refractivity contribution < 1.29 is 0 Å². The highest BCUT2D eigenvalue weighted by Crippen LogP contribution is 2.18. The lowest BCUT2D eigenvalue weighted by Crippen LogP contribution is -2.50. The quantitative estimate of drug-likeness (QED) is 0.723. The van der Waals surface area contributed by atoms with E-state index in [0.29, 0.717) is 6.04 Å². The fourth-order valence-corrected chi connectivity index (χ4v) is 2.73. The predicted molar refractivity (Wildman–Crippen MR) is 70.1 cm³/mol. The molecule has 0 amide bonds. The molecule has 1 aliphatic rings. The summed E-state index contributed by atoms with van der Waals surface area (Å²) in [5, 5.41) is 7.65. The van der Waals surface area contributed by atoms with E-state index in [4.69, 9.17) is 12.2 Å². The van der Waals surface area contributed by atoms with Gasteiger partial charge in [0, 0.05) is 11.6 Å². The normalized spacial score (nSPS) is 17.8. The summed E-state index contributed by atoms with van der Waals surface area (Å²) >= 11 is 5.33. The topological polar surface area (TPSA) is 24.1 Å². The Morgan fingerprint density at radius 1 is 1.33 bits per heavy atom. The molecule has 2 nitrogen and oxygen atoms in total. The van der Waals surface area contributed by atoms with E-state index < -0.39 is 0 Å². The summed E-state index contributed by atoms with van der Waals surface area (Å²) in [5.41, 5.74) is 0.122. The predicted octanol–water partition coefficient (Wildman–Crippen LogP) is 2.97. The lowest BCUT2D eigenvalue weighted by atomic mass is 9.99. The van der Waals surface area contributed by atoms with E-state index >= 15 is 0 Å². The molecule has 0 spiro atoms. The van der Waals surface area contributed by atoms with Gasteiger partial charge in [0.25, 0.3) is 0 Å². The number of nitrogens with one attached hydrogen (secondary N) is 2. The summed E-state index contributed by atoms with van der Waals surface area (Å²) in [5.74, 6) is 0. The van der Waals surface area contributed by atoms with Crippen LogP contribution in [0.4, 0.5) is 0 Å². The van der Waals surface area contributed by atoms with Crippen LogP contribution in [0.3, 0.4) is 0 Å². The summed E-state index contributed by atoms with van der Waals surface area (Å²) in [6, 6.07) is 0.613. The van der Waals surface area contributed by atoms with Gasteiger partial charge in [-0.15, -0.1) is 0 Å². The molecule has 2 N–H and O–H groups in total. The molecule has 1 saturated carbocycles. The van der Waals surface area contributed by atoms with Gasteiger partial charge in [-0.2, -0.15) is 0 Å². The lowest BCUT2D eigenvalue weighted by Gasteiger charge is -2.28. The molecule has 0 aliphatic heterocycles. The van der Waals surface area contributed by atoms with Crippen LogP contribution < -0.4 is 10.6 Å². The van der Waals surface area contributed by atoms with Crippen LogP contribution in [0.15, 0.2) is 0 Å². The average molecular weight is 228 g/mol. The molecule has 88 valence electrons. The van der Waals surface area contributed by atoms with Crippen LogP contribution in [0.5, 0.6) is 0 Å². The van der Waals surface area contributed by atoms with Crippen molar-refractivity contribution in [3.63, 3.8) is 0 Å². The van der Waals surface area contributed by atoms with Crippen molar-refractivity contribution in [1.29, 1.82) is 0 Å². The van der Waals surface area contributed by atoms with Crippen molar-refractivity contribution in [1.82, 2.24) is 10.6 Å². The van der Waals surface area contributed by atoms with Gasteiger partial charge in [0.15, 0.2) is 5.11 Å². The molecule has 15 heavy (non-hydrogen) atoms. The Kier molecular flexibility index (Phi) is 4.84. The number of hydrogen-bond acceptors (Lipinski definition) is 1. The first-order valence-corrected chi connectivity index (χ1v) is 6.53. The SMILES string of the molecule is CCCC(C)(C)NC(=S)NC1CCCC1. The summed E-state index contributed by atoms with van der Waals surface area (Å²) in [7, 11) is 0. The zero-order valence-electron chi connectivity index (χ0n) is 10.2. The van der Waals surface area contributed by atoms with Crippen LogP contribution >= 0.6 is 12.2 Å². The molecule has 0 atom stereocenters. The molecule has 0 aromatic heterocycles. The van der Waals surface area contributed by atoms with Gasteiger partial charge < -0.3 is 10.6 Å². The second-order valence-corrected chi connectivity index (χ2v) is 5.62. The van der Waals surface area contributed by atoms with Crippen molar-refractivity contribution in [3.05, 3.63) is 0 Å². The molecule has 0 bridgehead atoms. The molecule has 1 rings (SSSR count). The monoisotopic (exact) mass is 228 g/mol. The van der Waals surface area contributed by atoms with Gasteiger partial charge in [-0.25, -0.2) is 0 Å². The number of thiocarbonyl (C=S) groups is 1. The van der Waals surface area contributed by atoms with Crippen LogP contribution in [0.1, 0.15) is 59.3 Å². The van der Waals surface area contributed by atoms with E-state index in [2.05, 4.69) is 31.4 Å². The first kappa shape index (κ1) is 12.8. The largest absolute Gasteiger partial charge is 0.360 e. The summed E-state index contributed by atoms with van der Waals surface area (Å²) < 4.78 is 0. The Balaban J connectivity index is 2.27. The highest BCUT2D eigenvalue weighted by molar-refractivity contribution is 7.80. The van der Waals surface area contributed by atoms with Gasteiger partial charge in [-0.3, -0.25) is 0 Å². The zero-order valence-corrected chi connectivity index (χ0v) is 11.0. The second-order valence-electron chi connectivity index (χ2n) is 5.21. The van der Waals surface area contributed by atoms with Gasteiger partial charge >= 0.3 is 0 Å². The maximum atomic E-state index is 5.33. The third kappa shape index (κ3) is 4.83. The van der Waals surface area contributed by atoms with Crippen LogP contribution in [-0.4, -0.2) is 16.7 Å². The highest BCUT2D eigenvalue weighted by Gasteiger charge is 2.20. The molecule has 3 heteroatoms. The Morgan fingerprint density at radius 2 is 1.93 bits per heavy atom. The number of rotatable bonds is 4. The molecular formula is C12H24N2S. The first-order valence-electron chi connectivity index (χ1n) is 6.12. The average Bonchev–Trinajstić information content (AvgIpc) is 2.54. The Labute approximate surface area is 99.2 Å². The smallest absolute Gasteiger partial charge is 0.166 e. The Morgan fingerprint density at radius 3 is 2.47 bits per heavy atom. The van der Waals surface area contributed by atoms with E-state index in [9.17, 15) is 0 Å². The van der Waals surface area contributed by atoms with Crippen molar-refractivity contribution >= 4 is 17.3 Å². The van der Waals surface area contributed by atoms with Crippen molar-refractivity contribution in [2.45, 2.75) is 70.9 Å². The van der Waals surface area contributed by atoms with Gasteiger partial charge in [0.05, 0.1) is 0 Å². The van der Waals surface area contributed by atoms with Crippen molar-refractivity contribution in [2.75, 3.05) is 0 Å². The fourth-order valence-electron chi connectivity index (χ4n) is 2.29. The molecule has 0 heterocycles. The van der Waals surface area contributed by atoms with Crippen LogP contribution in [-0.2, 0) is 0 Å². The fraction of sp³-hybridized carbons (Fsp3) is 0.917. The lowest BCUT2D eigenvalue weighted by molar-refractivity contribution is 0.414. The maximum Gasteiger partial charge on any atom is 0.166 e. The molecule has 0 unspecified atom stereocenters. The third-order valence-corrected chi connectivity index (χ3v) is 3.24. The Hall–Kier alpha value is -0.310. The van der Waals surface area contributed by atoms with Crippen LogP contribution in [0.2, 0.25) is 0 Å². The van der Waals surface area contributed by atoms with Crippen molar-refractivity contribution in [3.8, 4) is 0 Å². The molecular weight excluding hydrogens is 204 g/mol. The van der Waals surface area contributed by atoms with Crippen molar-refractivity contribution in [2.24, 2.45) is 0 Å².